The second kappa shape index (κ2) is 6.10. The third-order valence-corrected chi connectivity index (χ3v) is 3.14. The molecule has 4 heteroatoms. The van der Waals surface area contributed by atoms with Gasteiger partial charge in [0, 0.05) is 5.56 Å². The molecule has 0 aromatic heterocycles. The molecule has 2 rings (SSSR count). The molecule has 0 radical (unpaired) electrons. The zero-order valence-corrected chi connectivity index (χ0v) is 11.6. The van der Waals surface area contributed by atoms with Gasteiger partial charge in [-0.3, -0.25) is 4.79 Å². The fraction of sp³-hybridized carbons (Fsp3) is 0.188. The average molecular weight is 270 g/mol. The Hall–Kier alpha value is -2.49. The maximum atomic E-state index is 12.2. The first-order valence-corrected chi connectivity index (χ1v) is 6.41. The summed E-state index contributed by atoms with van der Waals surface area (Å²) < 4.78 is 5.12. The highest BCUT2D eigenvalue weighted by molar-refractivity contribution is 5.95. The van der Waals surface area contributed by atoms with Gasteiger partial charge in [0.1, 0.15) is 5.75 Å². The van der Waals surface area contributed by atoms with Gasteiger partial charge < -0.3 is 15.8 Å². The minimum atomic E-state index is -0.153. The average Bonchev–Trinajstić information content (AvgIpc) is 2.48. The molecule has 0 heterocycles. The van der Waals surface area contributed by atoms with E-state index in [4.69, 9.17) is 10.5 Å². The summed E-state index contributed by atoms with van der Waals surface area (Å²) in [5, 5.41) is 2.95. The highest BCUT2D eigenvalue weighted by Gasteiger charge is 2.12. The Bertz CT molecular complexity index is 597. The van der Waals surface area contributed by atoms with Gasteiger partial charge in [0.25, 0.3) is 5.91 Å². The van der Waals surface area contributed by atoms with Gasteiger partial charge in [0.15, 0.2) is 0 Å². The molecule has 0 saturated carbocycles. The number of nitrogens with two attached hydrogens (primary N) is 1. The van der Waals surface area contributed by atoms with Crippen molar-refractivity contribution in [1.82, 2.24) is 5.32 Å². The lowest BCUT2D eigenvalue weighted by molar-refractivity contribution is 0.0939. The summed E-state index contributed by atoms with van der Waals surface area (Å²) in [6.45, 7) is 1.95. The lowest BCUT2D eigenvalue weighted by Crippen LogP contribution is -2.26. The van der Waals surface area contributed by atoms with Gasteiger partial charge in [0.05, 0.1) is 18.8 Å². The standard InChI is InChI=1S/C16H18N2O2/c1-11(12-6-4-3-5-7-12)18-16(19)13-8-9-14(17)15(10-13)20-2/h3-11H,17H2,1-2H3,(H,18,19)/t11-/m1/s1. The molecule has 1 amide bonds. The Labute approximate surface area is 118 Å². The smallest absolute Gasteiger partial charge is 0.251 e. The highest BCUT2D eigenvalue weighted by Crippen LogP contribution is 2.22. The molecule has 0 aliphatic carbocycles. The van der Waals surface area contributed by atoms with E-state index in [0.717, 1.165) is 5.56 Å². The SMILES string of the molecule is COc1cc(C(=O)N[C@H](C)c2ccccc2)ccc1N. The van der Waals surface area contributed by atoms with Crippen LogP contribution in [-0.2, 0) is 0 Å². The first-order valence-electron chi connectivity index (χ1n) is 6.41. The van der Waals surface area contributed by atoms with E-state index in [1.807, 2.05) is 37.3 Å². The molecule has 0 unspecified atom stereocenters. The molecule has 4 nitrogen and oxygen atoms in total. The molecule has 20 heavy (non-hydrogen) atoms. The van der Waals surface area contributed by atoms with Gasteiger partial charge in [-0.15, -0.1) is 0 Å². The maximum absolute atomic E-state index is 12.2. The summed E-state index contributed by atoms with van der Waals surface area (Å²) in [5.74, 6) is 0.352. The van der Waals surface area contributed by atoms with E-state index < -0.39 is 0 Å². The number of benzene rings is 2. The summed E-state index contributed by atoms with van der Waals surface area (Å²) in [7, 11) is 1.53. The van der Waals surface area contributed by atoms with Crippen LogP contribution in [0.2, 0.25) is 0 Å². The zero-order chi connectivity index (χ0) is 14.5. The first kappa shape index (κ1) is 13.9. The van der Waals surface area contributed by atoms with Crippen LogP contribution in [-0.4, -0.2) is 13.0 Å². The first-order chi connectivity index (χ1) is 9.61. The van der Waals surface area contributed by atoms with Crippen molar-refractivity contribution >= 4 is 11.6 Å². The maximum Gasteiger partial charge on any atom is 0.251 e. The van der Waals surface area contributed by atoms with Crippen molar-refractivity contribution in [2.75, 3.05) is 12.8 Å². The van der Waals surface area contributed by atoms with Crippen LogP contribution >= 0.6 is 0 Å². The Morgan fingerprint density at radius 2 is 1.90 bits per heavy atom. The topological polar surface area (TPSA) is 64.3 Å². The fourth-order valence-corrected chi connectivity index (χ4v) is 1.96. The number of nitrogen functional groups attached to an aromatic ring is 1. The minimum absolute atomic E-state index is 0.0627. The molecule has 2 aromatic rings. The van der Waals surface area contributed by atoms with E-state index in [2.05, 4.69) is 5.32 Å². The van der Waals surface area contributed by atoms with Gasteiger partial charge in [0.2, 0.25) is 0 Å². The number of methoxy groups -OCH3 is 1. The van der Waals surface area contributed by atoms with E-state index in [-0.39, 0.29) is 11.9 Å². The lowest BCUT2D eigenvalue weighted by Gasteiger charge is -2.15. The largest absolute Gasteiger partial charge is 0.495 e. The summed E-state index contributed by atoms with van der Waals surface area (Å²) in [6.07, 6.45) is 0. The predicted octanol–water partition coefficient (Wildman–Crippen LogP) is 2.77. The van der Waals surface area contributed by atoms with Crippen LogP contribution in [0.25, 0.3) is 0 Å². The van der Waals surface area contributed by atoms with Crippen molar-refractivity contribution in [3.63, 3.8) is 0 Å². The zero-order valence-electron chi connectivity index (χ0n) is 11.6. The van der Waals surface area contributed by atoms with Crippen LogP contribution in [0.1, 0.15) is 28.9 Å². The molecule has 0 fully saturated rings. The van der Waals surface area contributed by atoms with Crippen LogP contribution in [0.15, 0.2) is 48.5 Å². The molecule has 2 aromatic carbocycles. The van der Waals surface area contributed by atoms with Crippen LogP contribution in [0.5, 0.6) is 5.75 Å². The summed E-state index contributed by atoms with van der Waals surface area (Å²) in [4.78, 5) is 12.2. The molecule has 0 aliphatic heterocycles. The van der Waals surface area contributed by atoms with E-state index in [1.165, 1.54) is 7.11 Å². The number of carbonyl (C=O) groups excluding carboxylic acids is 1. The Kier molecular flexibility index (Phi) is 4.25. The molecule has 0 bridgehead atoms. The number of anilines is 1. The van der Waals surface area contributed by atoms with E-state index in [1.54, 1.807) is 18.2 Å². The normalized spacial score (nSPS) is 11.7. The van der Waals surface area contributed by atoms with E-state index in [0.29, 0.717) is 17.0 Å². The monoisotopic (exact) mass is 270 g/mol. The lowest BCUT2D eigenvalue weighted by atomic mass is 10.1. The number of carbonyl (C=O) groups is 1. The third-order valence-electron chi connectivity index (χ3n) is 3.14. The van der Waals surface area contributed by atoms with Crippen molar-refractivity contribution < 1.29 is 9.53 Å². The van der Waals surface area contributed by atoms with Gasteiger partial charge in [-0.1, -0.05) is 30.3 Å². The van der Waals surface area contributed by atoms with Gasteiger partial charge in [-0.2, -0.15) is 0 Å². The van der Waals surface area contributed by atoms with Crippen molar-refractivity contribution in [2.24, 2.45) is 0 Å². The molecule has 0 aliphatic rings. The number of hydrogen-bond donors (Lipinski definition) is 2. The summed E-state index contributed by atoms with van der Waals surface area (Å²) >= 11 is 0. The van der Waals surface area contributed by atoms with Crippen LogP contribution in [0, 0.1) is 0 Å². The Balaban J connectivity index is 2.12. The number of hydrogen-bond acceptors (Lipinski definition) is 3. The molecule has 0 saturated heterocycles. The number of ether oxygens (including phenoxy) is 1. The van der Waals surface area contributed by atoms with E-state index >= 15 is 0 Å². The van der Waals surface area contributed by atoms with Crippen molar-refractivity contribution in [1.29, 1.82) is 0 Å². The Morgan fingerprint density at radius 1 is 1.20 bits per heavy atom. The molecule has 1 atom stereocenters. The van der Waals surface area contributed by atoms with Gasteiger partial charge >= 0.3 is 0 Å². The molecule has 0 spiro atoms. The van der Waals surface area contributed by atoms with Crippen molar-refractivity contribution in [3.05, 3.63) is 59.7 Å². The van der Waals surface area contributed by atoms with Crippen LogP contribution < -0.4 is 15.8 Å². The molecular formula is C16H18N2O2. The van der Waals surface area contributed by atoms with Crippen molar-refractivity contribution in [3.8, 4) is 5.75 Å². The van der Waals surface area contributed by atoms with Crippen molar-refractivity contribution in [2.45, 2.75) is 13.0 Å². The highest BCUT2D eigenvalue weighted by atomic mass is 16.5. The van der Waals surface area contributed by atoms with Gasteiger partial charge in [-0.25, -0.2) is 0 Å². The van der Waals surface area contributed by atoms with E-state index in [9.17, 15) is 4.79 Å². The number of nitrogens with one attached hydrogen (secondary N) is 1. The minimum Gasteiger partial charge on any atom is -0.495 e. The summed E-state index contributed by atoms with van der Waals surface area (Å²) in [5.41, 5.74) is 7.84. The number of amides is 1. The second-order valence-corrected chi connectivity index (χ2v) is 4.56. The predicted molar refractivity (Wildman–Crippen MR) is 79.7 cm³/mol. The number of rotatable bonds is 4. The Morgan fingerprint density at radius 3 is 2.55 bits per heavy atom. The van der Waals surface area contributed by atoms with Gasteiger partial charge in [-0.05, 0) is 30.7 Å². The fourth-order valence-electron chi connectivity index (χ4n) is 1.96. The summed E-state index contributed by atoms with van der Waals surface area (Å²) in [6, 6.07) is 14.7. The third kappa shape index (κ3) is 3.09. The quantitative estimate of drug-likeness (QED) is 0.840. The molecular weight excluding hydrogens is 252 g/mol. The molecule has 104 valence electrons. The molecule has 3 N–H and O–H groups in total. The van der Waals surface area contributed by atoms with Crippen LogP contribution in [0.3, 0.4) is 0 Å². The van der Waals surface area contributed by atoms with Crippen LogP contribution in [0.4, 0.5) is 5.69 Å². The second-order valence-electron chi connectivity index (χ2n) is 4.56.